The average Bonchev–Trinajstić information content (AvgIpc) is 2.23. The van der Waals surface area contributed by atoms with Crippen molar-refractivity contribution in [3.05, 3.63) is 0 Å². The average molecular weight is 261 g/mol. The van der Waals surface area contributed by atoms with Gasteiger partial charge in [-0.05, 0) is 13.5 Å². The largest absolute Gasteiger partial charge is 0.310 e. The minimum Gasteiger partial charge on any atom is -0.310 e. The fraction of sp³-hybridized carbons (Fsp3) is 0.900. The second-order valence-electron chi connectivity index (χ2n) is 4.76. The fourth-order valence-electron chi connectivity index (χ4n) is 2.33. The molecule has 0 spiro atoms. The van der Waals surface area contributed by atoms with Gasteiger partial charge in [-0.2, -0.15) is 0 Å². The lowest BCUT2D eigenvalue weighted by Crippen LogP contribution is -2.56. The highest BCUT2D eigenvalue weighted by atomic mass is 32.2. The molecule has 6 nitrogen and oxygen atoms in total. The van der Waals surface area contributed by atoms with Crippen LogP contribution >= 0.6 is 0 Å². The van der Waals surface area contributed by atoms with E-state index in [4.69, 9.17) is 0 Å². The number of hydrogen-bond acceptors (Lipinski definition) is 5. The lowest BCUT2D eigenvalue weighted by Gasteiger charge is -2.35. The molecule has 0 saturated carbocycles. The summed E-state index contributed by atoms with van der Waals surface area (Å²) >= 11 is 0. The van der Waals surface area contributed by atoms with Crippen LogP contribution in [0.1, 0.15) is 12.8 Å². The highest BCUT2D eigenvalue weighted by molar-refractivity contribution is 7.89. The smallest absolute Gasteiger partial charge is 0.237 e. The van der Waals surface area contributed by atoms with Crippen LogP contribution in [-0.2, 0) is 14.8 Å². The summed E-state index contributed by atoms with van der Waals surface area (Å²) in [4.78, 5) is 13.8. The third kappa shape index (κ3) is 2.97. The van der Waals surface area contributed by atoms with E-state index in [2.05, 4.69) is 10.2 Å². The summed E-state index contributed by atoms with van der Waals surface area (Å²) in [5.74, 6) is -0.160. The predicted molar refractivity (Wildman–Crippen MR) is 64.0 cm³/mol. The molecule has 17 heavy (non-hydrogen) atoms. The van der Waals surface area contributed by atoms with Gasteiger partial charge in [0.05, 0.1) is 12.3 Å². The Labute approximate surface area is 102 Å². The number of likely N-dealkylation sites (N-methyl/N-ethyl adjacent to an activating group) is 1. The molecule has 2 heterocycles. The molecule has 0 aromatic heterocycles. The molecule has 1 N–H and O–H groups in total. The maximum Gasteiger partial charge on any atom is 0.237 e. The molecule has 0 radical (unpaired) electrons. The van der Waals surface area contributed by atoms with Gasteiger partial charge >= 0.3 is 0 Å². The van der Waals surface area contributed by atoms with Gasteiger partial charge in [-0.3, -0.25) is 4.79 Å². The number of carbonyl (C=O) groups is 1. The van der Waals surface area contributed by atoms with Crippen molar-refractivity contribution in [1.82, 2.24) is 14.5 Å². The van der Waals surface area contributed by atoms with Crippen LogP contribution in [-0.4, -0.2) is 68.6 Å². The Morgan fingerprint density at radius 2 is 2.24 bits per heavy atom. The zero-order valence-corrected chi connectivity index (χ0v) is 10.9. The van der Waals surface area contributed by atoms with Crippen molar-refractivity contribution in [3.63, 3.8) is 0 Å². The minimum atomic E-state index is -3.36. The number of hydrogen-bond donors (Lipinski definition) is 1. The van der Waals surface area contributed by atoms with Gasteiger partial charge in [0.1, 0.15) is 0 Å². The van der Waals surface area contributed by atoms with Crippen LogP contribution in [0.3, 0.4) is 0 Å². The summed E-state index contributed by atoms with van der Waals surface area (Å²) in [5.41, 5.74) is 0. The van der Waals surface area contributed by atoms with E-state index in [9.17, 15) is 13.2 Å². The van der Waals surface area contributed by atoms with Crippen molar-refractivity contribution < 1.29 is 13.2 Å². The van der Waals surface area contributed by atoms with E-state index in [-0.39, 0.29) is 24.2 Å². The van der Waals surface area contributed by atoms with E-state index >= 15 is 0 Å². The van der Waals surface area contributed by atoms with Crippen molar-refractivity contribution in [2.45, 2.75) is 18.9 Å². The first-order valence-corrected chi connectivity index (χ1v) is 7.55. The van der Waals surface area contributed by atoms with Crippen LogP contribution < -0.4 is 5.32 Å². The van der Waals surface area contributed by atoms with Crippen LogP contribution in [0.4, 0.5) is 0 Å². The molecule has 1 atom stereocenters. The third-order valence-electron chi connectivity index (χ3n) is 3.25. The molecular weight excluding hydrogens is 242 g/mol. The standard InChI is InChI=1S/C10H19N3O3S/c1-12-5-4-11-9(7-12)8-13-10(14)3-2-6-17(13,15)16/h9,11H,2-8H2,1H3. The molecular formula is C10H19N3O3S. The van der Waals surface area contributed by atoms with Gasteiger partial charge in [-0.25, -0.2) is 12.7 Å². The number of carbonyl (C=O) groups excluding carboxylic acids is 1. The molecule has 2 fully saturated rings. The monoisotopic (exact) mass is 261 g/mol. The highest BCUT2D eigenvalue weighted by Gasteiger charge is 2.33. The lowest BCUT2D eigenvalue weighted by molar-refractivity contribution is -0.127. The van der Waals surface area contributed by atoms with Crippen LogP contribution in [0.2, 0.25) is 0 Å². The van der Waals surface area contributed by atoms with Crippen molar-refractivity contribution in [2.24, 2.45) is 0 Å². The normalized spacial score (nSPS) is 30.5. The van der Waals surface area contributed by atoms with E-state index in [1.165, 1.54) is 0 Å². The second-order valence-corrected chi connectivity index (χ2v) is 6.77. The van der Waals surface area contributed by atoms with Crippen molar-refractivity contribution in [2.75, 3.05) is 39.0 Å². The predicted octanol–water partition coefficient (Wildman–Crippen LogP) is -1.16. The maximum atomic E-state index is 11.8. The van der Waals surface area contributed by atoms with Crippen LogP contribution in [0.15, 0.2) is 0 Å². The quantitative estimate of drug-likeness (QED) is 0.679. The summed E-state index contributed by atoms with van der Waals surface area (Å²) in [7, 11) is -1.36. The number of nitrogens with one attached hydrogen (secondary N) is 1. The minimum absolute atomic E-state index is 0.0468. The van der Waals surface area contributed by atoms with E-state index in [1.807, 2.05) is 7.05 Å². The molecule has 2 rings (SSSR count). The summed E-state index contributed by atoms with van der Waals surface area (Å²) in [5, 5.41) is 3.26. The van der Waals surface area contributed by atoms with Gasteiger partial charge in [0.2, 0.25) is 15.9 Å². The molecule has 0 aliphatic carbocycles. The maximum absolute atomic E-state index is 11.8. The van der Waals surface area contributed by atoms with E-state index in [1.54, 1.807) is 0 Å². The van der Waals surface area contributed by atoms with Gasteiger partial charge in [0, 0.05) is 32.1 Å². The van der Waals surface area contributed by atoms with Crippen LogP contribution in [0, 0.1) is 0 Å². The Balaban J connectivity index is 2.03. The summed E-state index contributed by atoms with van der Waals surface area (Å²) in [6.07, 6.45) is 0.803. The van der Waals surface area contributed by atoms with Crippen molar-refractivity contribution in [1.29, 1.82) is 0 Å². The number of amides is 1. The molecule has 2 aliphatic rings. The molecule has 98 valence electrons. The van der Waals surface area contributed by atoms with Crippen LogP contribution in [0.25, 0.3) is 0 Å². The number of nitrogens with zero attached hydrogens (tertiary/aromatic N) is 2. The van der Waals surface area contributed by atoms with Gasteiger partial charge in [-0.15, -0.1) is 0 Å². The number of piperazine rings is 1. The van der Waals surface area contributed by atoms with Gasteiger partial charge in [0.15, 0.2) is 0 Å². The summed E-state index contributed by atoms with van der Waals surface area (Å²) in [6.45, 7) is 2.84. The Bertz CT molecular complexity index is 396. The topological polar surface area (TPSA) is 69.7 Å². The van der Waals surface area contributed by atoms with E-state index in [0.717, 1.165) is 23.9 Å². The van der Waals surface area contributed by atoms with E-state index in [0.29, 0.717) is 12.8 Å². The zero-order valence-electron chi connectivity index (χ0n) is 10.1. The fourth-order valence-corrected chi connectivity index (χ4v) is 3.86. The number of sulfonamides is 1. The third-order valence-corrected chi connectivity index (χ3v) is 5.08. The molecule has 0 bridgehead atoms. The van der Waals surface area contributed by atoms with E-state index < -0.39 is 10.0 Å². The summed E-state index contributed by atoms with van der Waals surface area (Å²) in [6, 6.07) is 0.0468. The molecule has 7 heteroatoms. The zero-order chi connectivity index (χ0) is 12.5. The Kier molecular flexibility index (Phi) is 3.70. The Morgan fingerprint density at radius 3 is 2.88 bits per heavy atom. The van der Waals surface area contributed by atoms with Gasteiger partial charge in [-0.1, -0.05) is 0 Å². The van der Waals surface area contributed by atoms with Gasteiger partial charge in [0.25, 0.3) is 0 Å². The highest BCUT2D eigenvalue weighted by Crippen LogP contribution is 2.16. The molecule has 2 saturated heterocycles. The SMILES string of the molecule is CN1CCNC(CN2C(=O)CCCS2(=O)=O)C1. The molecule has 1 unspecified atom stereocenters. The second kappa shape index (κ2) is 4.91. The van der Waals surface area contributed by atoms with Crippen molar-refractivity contribution in [3.8, 4) is 0 Å². The van der Waals surface area contributed by atoms with Crippen molar-refractivity contribution >= 4 is 15.9 Å². The molecule has 2 aliphatic heterocycles. The number of rotatable bonds is 2. The first kappa shape index (κ1) is 12.8. The van der Waals surface area contributed by atoms with Gasteiger partial charge < -0.3 is 10.2 Å². The van der Waals surface area contributed by atoms with Crippen LogP contribution in [0.5, 0.6) is 0 Å². The Morgan fingerprint density at radius 1 is 1.47 bits per heavy atom. The first-order chi connectivity index (χ1) is 7.99. The molecule has 0 aromatic rings. The molecule has 0 aromatic carbocycles. The Hall–Kier alpha value is -0.660. The molecule has 1 amide bonds. The summed E-state index contributed by atoms with van der Waals surface area (Å²) < 4.78 is 24.7. The first-order valence-electron chi connectivity index (χ1n) is 5.94. The lowest BCUT2D eigenvalue weighted by atomic mass is 10.2.